The van der Waals surface area contributed by atoms with Crippen molar-refractivity contribution in [3.8, 4) is 0 Å². The number of halogens is 2. The van der Waals surface area contributed by atoms with E-state index in [-0.39, 0.29) is 34.9 Å². The van der Waals surface area contributed by atoms with Gasteiger partial charge in [-0.1, -0.05) is 12.1 Å². The van der Waals surface area contributed by atoms with Gasteiger partial charge in [0.15, 0.2) is 11.4 Å². The summed E-state index contributed by atoms with van der Waals surface area (Å²) in [6.45, 7) is 1.61. The van der Waals surface area contributed by atoms with Crippen LogP contribution in [0.4, 0.5) is 20.5 Å². The highest BCUT2D eigenvalue weighted by atomic mass is 19.1. The van der Waals surface area contributed by atoms with E-state index < -0.39 is 11.8 Å². The first kappa shape index (κ1) is 15.9. The van der Waals surface area contributed by atoms with Gasteiger partial charge in [0.05, 0.1) is 13.5 Å². The Morgan fingerprint density at radius 2 is 2.08 bits per heavy atom. The van der Waals surface area contributed by atoms with Crippen LogP contribution in [0.2, 0.25) is 0 Å². The molecule has 1 aromatic heterocycles. The Labute approximate surface area is 136 Å². The lowest BCUT2D eigenvalue weighted by atomic mass is 10.1. The van der Waals surface area contributed by atoms with E-state index in [1.54, 1.807) is 25.1 Å². The molecule has 1 N–H and O–H groups in total. The monoisotopic (exact) mass is 332 g/mol. The topological polar surface area (TPSA) is 64.4 Å². The first-order valence-corrected chi connectivity index (χ1v) is 7.16. The predicted molar refractivity (Wildman–Crippen MR) is 84.1 cm³/mol. The third kappa shape index (κ3) is 2.92. The van der Waals surface area contributed by atoms with Crippen molar-refractivity contribution >= 4 is 28.8 Å². The van der Waals surface area contributed by atoms with Crippen LogP contribution in [-0.4, -0.2) is 18.1 Å². The molecule has 0 spiro atoms. The van der Waals surface area contributed by atoms with Crippen LogP contribution in [0.5, 0.6) is 0 Å². The number of carbonyl (C=O) groups is 1. The number of hydrogen-bond acceptors (Lipinski definition) is 5. The number of nitrogens with one attached hydrogen (secondary N) is 1. The molecule has 3 rings (SSSR count). The summed E-state index contributed by atoms with van der Waals surface area (Å²) in [4.78, 5) is 15.4. The Morgan fingerprint density at radius 1 is 1.29 bits per heavy atom. The third-order valence-corrected chi connectivity index (χ3v) is 3.65. The van der Waals surface area contributed by atoms with Gasteiger partial charge in [0.1, 0.15) is 11.3 Å². The second-order valence-electron chi connectivity index (χ2n) is 5.20. The van der Waals surface area contributed by atoms with Gasteiger partial charge in [0.25, 0.3) is 6.01 Å². The van der Waals surface area contributed by atoms with E-state index in [0.717, 1.165) is 0 Å². The SMILES string of the molecule is COC(=O)Cc1ccc2nc(Nc3cccc(F)c3C)oc2c1F. The fraction of sp³-hybridized carbons (Fsp3) is 0.176. The molecule has 0 aliphatic heterocycles. The molecule has 0 amide bonds. The maximum absolute atomic E-state index is 14.4. The molecule has 124 valence electrons. The number of carbonyl (C=O) groups excluding carboxylic acids is 1. The van der Waals surface area contributed by atoms with Crippen LogP contribution >= 0.6 is 0 Å². The van der Waals surface area contributed by atoms with E-state index in [1.807, 2.05) is 0 Å². The highest BCUT2D eigenvalue weighted by Crippen LogP contribution is 2.28. The number of benzene rings is 2. The summed E-state index contributed by atoms with van der Waals surface area (Å²) >= 11 is 0. The van der Waals surface area contributed by atoms with Crippen molar-refractivity contribution in [1.29, 1.82) is 0 Å². The molecule has 0 fully saturated rings. The van der Waals surface area contributed by atoms with Crippen molar-refractivity contribution in [2.75, 3.05) is 12.4 Å². The van der Waals surface area contributed by atoms with Gasteiger partial charge in [0.2, 0.25) is 0 Å². The van der Waals surface area contributed by atoms with Crippen LogP contribution in [0.1, 0.15) is 11.1 Å². The molecule has 2 aromatic carbocycles. The molecule has 0 unspecified atom stereocenters. The number of fused-ring (bicyclic) bond motifs is 1. The minimum Gasteiger partial charge on any atom is -0.469 e. The zero-order chi connectivity index (χ0) is 17.3. The average molecular weight is 332 g/mol. The number of anilines is 2. The Kier molecular flexibility index (Phi) is 4.16. The summed E-state index contributed by atoms with van der Waals surface area (Å²) in [6, 6.07) is 7.57. The van der Waals surface area contributed by atoms with Gasteiger partial charge in [0, 0.05) is 16.8 Å². The molecule has 0 saturated carbocycles. The van der Waals surface area contributed by atoms with Crippen molar-refractivity contribution < 1.29 is 22.7 Å². The normalized spacial score (nSPS) is 10.8. The van der Waals surface area contributed by atoms with E-state index in [2.05, 4.69) is 15.0 Å². The van der Waals surface area contributed by atoms with E-state index in [9.17, 15) is 13.6 Å². The van der Waals surface area contributed by atoms with Crippen LogP contribution in [-0.2, 0) is 16.0 Å². The summed E-state index contributed by atoms with van der Waals surface area (Å²) in [5.41, 5.74) is 1.23. The minimum atomic E-state index is -0.672. The van der Waals surface area contributed by atoms with Crippen molar-refractivity contribution in [2.24, 2.45) is 0 Å². The molecule has 0 atom stereocenters. The second kappa shape index (κ2) is 6.27. The minimum absolute atomic E-state index is 0.0350. The molecule has 3 aromatic rings. The lowest BCUT2D eigenvalue weighted by Gasteiger charge is -2.05. The number of hydrogen-bond donors (Lipinski definition) is 1. The van der Waals surface area contributed by atoms with Gasteiger partial charge in [-0.2, -0.15) is 4.98 Å². The van der Waals surface area contributed by atoms with Gasteiger partial charge < -0.3 is 14.5 Å². The average Bonchev–Trinajstić information content (AvgIpc) is 2.98. The smallest absolute Gasteiger partial charge is 0.310 e. The highest BCUT2D eigenvalue weighted by Gasteiger charge is 2.17. The molecular weight excluding hydrogens is 318 g/mol. The number of rotatable bonds is 4. The van der Waals surface area contributed by atoms with Crippen molar-refractivity contribution in [3.05, 3.63) is 53.1 Å². The van der Waals surface area contributed by atoms with Gasteiger partial charge in [-0.05, 0) is 25.1 Å². The molecule has 0 bridgehead atoms. The number of esters is 1. The molecule has 0 radical (unpaired) electrons. The Bertz CT molecular complexity index is 922. The van der Waals surface area contributed by atoms with Crippen LogP contribution < -0.4 is 5.32 Å². The molecule has 7 heteroatoms. The van der Waals surface area contributed by atoms with Gasteiger partial charge in [-0.15, -0.1) is 0 Å². The zero-order valence-electron chi connectivity index (χ0n) is 13.0. The second-order valence-corrected chi connectivity index (χ2v) is 5.20. The highest BCUT2D eigenvalue weighted by molar-refractivity contribution is 5.80. The van der Waals surface area contributed by atoms with Gasteiger partial charge >= 0.3 is 5.97 Å². The Morgan fingerprint density at radius 3 is 2.83 bits per heavy atom. The van der Waals surface area contributed by atoms with Crippen LogP contribution in [0.3, 0.4) is 0 Å². The summed E-state index contributed by atoms with van der Waals surface area (Å²) in [7, 11) is 1.23. The fourth-order valence-electron chi connectivity index (χ4n) is 2.28. The van der Waals surface area contributed by atoms with Crippen LogP contribution in [0, 0.1) is 18.6 Å². The van der Waals surface area contributed by atoms with Gasteiger partial charge in [-0.25, -0.2) is 8.78 Å². The maximum atomic E-state index is 14.4. The predicted octanol–water partition coefficient (Wildman–Crippen LogP) is 3.87. The summed E-state index contributed by atoms with van der Waals surface area (Å²) in [6.07, 6.45) is -0.204. The summed E-state index contributed by atoms with van der Waals surface area (Å²) in [5.74, 6) is -1.60. The molecule has 0 aliphatic rings. The third-order valence-electron chi connectivity index (χ3n) is 3.65. The molecular formula is C17H14F2N2O3. The summed E-state index contributed by atoms with van der Waals surface area (Å²) < 4.78 is 37.9. The fourth-order valence-corrected chi connectivity index (χ4v) is 2.28. The molecule has 24 heavy (non-hydrogen) atoms. The Balaban J connectivity index is 1.95. The van der Waals surface area contributed by atoms with Crippen LogP contribution in [0.15, 0.2) is 34.7 Å². The van der Waals surface area contributed by atoms with E-state index in [4.69, 9.17) is 4.42 Å². The number of aromatic nitrogens is 1. The molecule has 5 nitrogen and oxygen atoms in total. The summed E-state index contributed by atoms with van der Waals surface area (Å²) in [5, 5.41) is 2.83. The van der Waals surface area contributed by atoms with Gasteiger partial charge in [-0.3, -0.25) is 4.79 Å². The maximum Gasteiger partial charge on any atom is 0.310 e. The number of oxazole rings is 1. The zero-order valence-corrected chi connectivity index (χ0v) is 13.0. The van der Waals surface area contributed by atoms with Crippen LogP contribution in [0.25, 0.3) is 11.1 Å². The standard InChI is InChI=1S/C17H14F2N2O3/c1-9-11(18)4-3-5-12(9)20-17-21-13-7-6-10(8-14(22)23-2)15(19)16(13)24-17/h3-7H,8H2,1-2H3,(H,20,21). The lowest BCUT2D eigenvalue weighted by molar-refractivity contribution is -0.139. The Hall–Kier alpha value is -2.96. The molecule has 0 saturated heterocycles. The van der Waals surface area contributed by atoms with E-state index in [1.165, 1.54) is 19.2 Å². The van der Waals surface area contributed by atoms with E-state index in [0.29, 0.717) is 11.3 Å². The number of methoxy groups -OCH3 is 1. The van der Waals surface area contributed by atoms with Crippen molar-refractivity contribution in [1.82, 2.24) is 4.98 Å². The molecule has 1 heterocycles. The first-order chi connectivity index (χ1) is 11.5. The number of ether oxygens (including phenoxy) is 1. The molecule has 0 aliphatic carbocycles. The van der Waals surface area contributed by atoms with E-state index >= 15 is 0 Å². The lowest BCUT2D eigenvalue weighted by Crippen LogP contribution is -2.06. The first-order valence-electron chi connectivity index (χ1n) is 7.16. The number of nitrogens with zero attached hydrogens (tertiary/aromatic N) is 1. The van der Waals surface area contributed by atoms with Crippen molar-refractivity contribution in [3.63, 3.8) is 0 Å². The van der Waals surface area contributed by atoms with Crippen molar-refractivity contribution in [2.45, 2.75) is 13.3 Å². The quantitative estimate of drug-likeness (QED) is 0.735. The largest absolute Gasteiger partial charge is 0.469 e.